The molecule has 0 heterocycles. The van der Waals surface area contributed by atoms with Crippen molar-refractivity contribution < 1.29 is 19.1 Å². The predicted molar refractivity (Wildman–Crippen MR) is 79.7 cm³/mol. The Balaban J connectivity index is 2.66. The van der Waals surface area contributed by atoms with Crippen LogP contribution in [-0.4, -0.2) is 38.7 Å². The van der Waals surface area contributed by atoms with Crippen LogP contribution in [0.15, 0.2) is 30.3 Å². The molecule has 1 aromatic carbocycles. The fourth-order valence-electron chi connectivity index (χ4n) is 2.08. The van der Waals surface area contributed by atoms with Crippen molar-refractivity contribution in [1.82, 2.24) is 5.32 Å². The number of ether oxygens (including phenoxy) is 2. The summed E-state index contributed by atoms with van der Waals surface area (Å²) in [4.78, 5) is 23.4. The average molecular weight is 293 g/mol. The number of hydrogen-bond donors (Lipinski definition) is 1. The molecule has 2 atom stereocenters. The summed E-state index contributed by atoms with van der Waals surface area (Å²) in [6, 6.07) is 9.20. The van der Waals surface area contributed by atoms with E-state index in [4.69, 9.17) is 9.47 Å². The lowest BCUT2D eigenvalue weighted by atomic mass is 10.0. The van der Waals surface area contributed by atoms with E-state index in [0.717, 1.165) is 5.56 Å². The zero-order valence-corrected chi connectivity index (χ0v) is 12.8. The maximum atomic E-state index is 11.9. The summed E-state index contributed by atoms with van der Waals surface area (Å²) in [5, 5.41) is 3.11. The smallest absolute Gasteiger partial charge is 0.323 e. The van der Waals surface area contributed by atoms with Crippen LogP contribution in [0.25, 0.3) is 0 Å². The molecular formula is C16H23NO4. The van der Waals surface area contributed by atoms with E-state index in [-0.39, 0.29) is 17.9 Å². The summed E-state index contributed by atoms with van der Waals surface area (Å²) in [7, 11) is 2.73. The second kappa shape index (κ2) is 9.13. The van der Waals surface area contributed by atoms with E-state index in [9.17, 15) is 9.59 Å². The van der Waals surface area contributed by atoms with Gasteiger partial charge in [-0.25, -0.2) is 0 Å². The van der Waals surface area contributed by atoms with Crippen molar-refractivity contribution in [2.24, 2.45) is 5.92 Å². The number of hydrogen-bond acceptors (Lipinski definition) is 5. The van der Waals surface area contributed by atoms with Gasteiger partial charge in [0.15, 0.2) is 0 Å². The van der Waals surface area contributed by atoms with Gasteiger partial charge in [-0.05, 0) is 18.4 Å². The molecule has 0 aromatic heterocycles. The van der Waals surface area contributed by atoms with Crippen molar-refractivity contribution >= 4 is 11.9 Å². The summed E-state index contributed by atoms with van der Waals surface area (Å²) in [5.74, 6) is -0.871. The molecule has 1 rings (SSSR count). The van der Waals surface area contributed by atoms with Crippen LogP contribution in [0.2, 0.25) is 0 Å². The molecule has 0 aliphatic carbocycles. The van der Waals surface area contributed by atoms with Crippen molar-refractivity contribution in [3.63, 3.8) is 0 Å². The molecular weight excluding hydrogens is 270 g/mol. The van der Waals surface area contributed by atoms with E-state index < -0.39 is 6.04 Å². The molecule has 1 aromatic rings. The first-order valence-corrected chi connectivity index (χ1v) is 7.05. The Morgan fingerprint density at radius 3 is 2.24 bits per heavy atom. The van der Waals surface area contributed by atoms with Gasteiger partial charge in [0.05, 0.1) is 20.1 Å². The number of nitrogens with one attached hydrogen (secondary N) is 1. The molecule has 0 radical (unpaired) electrons. The normalized spacial score (nSPS) is 13.3. The number of esters is 2. The Bertz CT molecular complexity index is 447. The SMILES string of the molecule is CC[C@H](CN[C@@H](Cc1ccccc1)C(=O)OC)C(=O)OC. The molecule has 0 bridgehead atoms. The van der Waals surface area contributed by atoms with Gasteiger partial charge in [-0.1, -0.05) is 37.3 Å². The van der Waals surface area contributed by atoms with E-state index in [1.165, 1.54) is 14.2 Å². The van der Waals surface area contributed by atoms with Crippen LogP contribution in [0.4, 0.5) is 0 Å². The standard InChI is InChI=1S/C16H23NO4/c1-4-13(15(18)20-2)11-17-14(16(19)21-3)10-12-8-6-5-7-9-12/h5-9,13-14,17H,4,10-11H2,1-3H3/t13-,14+/m1/s1. The second-order valence-electron chi connectivity index (χ2n) is 4.80. The largest absolute Gasteiger partial charge is 0.469 e. The van der Waals surface area contributed by atoms with Gasteiger partial charge in [0.1, 0.15) is 6.04 Å². The highest BCUT2D eigenvalue weighted by Crippen LogP contribution is 2.07. The molecule has 0 saturated heterocycles. The number of methoxy groups -OCH3 is 2. The molecule has 0 unspecified atom stereocenters. The van der Waals surface area contributed by atoms with Crippen molar-refractivity contribution in [3.8, 4) is 0 Å². The lowest BCUT2D eigenvalue weighted by Crippen LogP contribution is -2.43. The van der Waals surface area contributed by atoms with Crippen LogP contribution in [-0.2, 0) is 25.5 Å². The van der Waals surface area contributed by atoms with E-state index in [1.54, 1.807) is 0 Å². The third-order valence-electron chi connectivity index (χ3n) is 3.41. The van der Waals surface area contributed by atoms with Gasteiger partial charge in [-0.15, -0.1) is 0 Å². The molecule has 0 fully saturated rings. The average Bonchev–Trinajstić information content (AvgIpc) is 2.54. The first-order valence-electron chi connectivity index (χ1n) is 7.05. The van der Waals surface area contributed by atoms with Gasteiger partial charge in [0.2, 0.25) is 0 Å². The lowest BCUT2D eigenvalue weighted by molar-refractivity contribution is -0.147. The summed E-state index contributed by atoms with van der Waals surface area (Å²) in [5.41, 5.74) is 1.03. The monoisotopic (exact) mass is 293 g/mol. The summed E-state index contributed by atoms with van der Waals surface area (Å²) in [6.07, 6.45) is 1.17. The molecule has 0 aliphatic rings. The van der Waals surface area contributed by atoms with Gasteiger partial charge >= 0.3 is 11.9 Å². The fourth-order valence-corrected chi connectivity index (χ4v) is 2.08. The molecule has 0 spiro atoms. The zero-order valence-electron chi connectivity index (χ0n) is 12.8. The Hall–Kier alpha value is -1.88. The lowest BCUT2D eigenvalue weighted by Gasteiger charge is -2.19. The minimum atomic E-state index is -0.476. The van der Waals surface area contributed by atoms with E-state index in [2.05, 4.69) is 5.32 Å². The van der Waals surface area contributed by atoms with Crippen LogP contribution < -0.4 is 5.32 Å². The Morgan fingerprint density at radius 1 is 1.10 bits per heavy atom. The minimum Gasteiger partial charge on any atom is -0.469 e. The molecule has 116 valence electrons. The Morgan fingerprint density at radius 2 is 1.71 bits per heavy atom. The van der Waals surface area contributed by atoms with Crippen LogP contribution in [0.1, 0.15) is 18.9 Å². The molecule has 5 heteroatoms. The van der Waals surface area contributed by atoms with Gasteiger partial charge in [0, 0.05) is 6.54 Å². The minimum absolute atomic E-state index is 0.266. The number of carbonyl (C=O) groups is 2. The highest BCUT2D eigenvalue weighted by molar-refractivity contribution is 5.76. The van der Waals surface area contributed by atoms with Crippen LogP contribution in [0.3, 0.4) is 0 Å². The first-order chi connectivity index (χ1) is 10.1. The van der Waals surface area contributed by atoms with Gasteiger partial charge in [0.25, 0.3) is 0 Å². The molecule has 5 nitrogen and oxygen atoms in total. The topological polar surface area (TPSA) is 64.6 Å². The zero-order chi connectivity index (χ0) is 15.7. The quantitative estimate of drug-likeness (QED) is 0.737. The number of carbonyl (C=O) groups excluding carboxylic acids is 2. The maximum absolute atomic E-state index is 11.9. The Labute approximate surface area is 125 Å². The van der Waals surface area contributed by atoms with Crippen LogP contribution >= 0.6 is 0 Å². The van der Waals surface area contributed by atoms with Gasteiger partial charge in [-0.3, -0.25) is 9.59 Å². The predicted octanol–water partition coefficient (Wildman–Crippen LogP) is 1.56. The van der Waals surface area contributed by atoms with Crippen molar-refractivity contribution in [3.05, 3.63) is 35.9 Å². The van der Waals surface area contributed by atoms with E-state index in [1.807, 2.05) is 37.3 Å². The second-order valence-corrected chi connectivity index (χ2v) is 4.80. The van der Waals surface area contributed by atoms with E-state index >= 15 is 0 Å². The van der Waals surface area contributed by atoms with E-state index in [0.29, 0.717) is 19.4 Å². The number of benzene rings is 1. The highest BCUT2D eigenvalue weighted by Gasteiger charge is 2.23. The molecule has 0 aliphatic heterocycles. The highest BCUT2D eigenvalue weighted by atomic mass is 16.5. The first kappa shape index (κ1) is 17.2. The Kier molecular flexibility index (Phi) is 7.46. The van der Waals surface area contributed by atoms with Gasteiger partial charge < -0.3 is 14.8 Å². The maximum Gasteiger partial charge on any atom is 0.323 e. The molecule has 0 saturated carbocycles. The van der Waals surface area contributed by atoms with Crippen molar-refractivity contribution in [2.75, 3.05) is 20.8 Å². The molecule has 21 heavy (non-hydrogen) atoms. The fraction of sp³-hybridized carbons (Fsp3) is 0.500. The van der Waals surface area contributed by atoms with Crippen molar-refractivity contribution in [1.29, 1.82) is 0 Å². The summed E-state index contributed by atoms with van der Waals surface area (Å²) in [6.45, 7) is 2.30. The summed E-state index contributed by atoms with van der Waals surface area (Å²) < 4.78 is 9.57. The third kappa shape index (κ3) is 5.55. The molecule has 1 N–H and O–H groups in total. The number of rotatable bonds is 8. The molecule has 0 amide bonds. The van der Waals surface area contributed by atoms with Crippen LogP contribution in [0.5, 0.6) is 0 Å². The summed E-state index contributed by atoms with van der Waals surface area (Å²) >= 11 is 0. The third-order valence-corrected chi connectivity index (χ3v) is 3.41. The van der Waals surface area contributed by atoms with Crippen molar-refractivity contribution in [2.45, 2.75) is 25.8 Å². The van der Waals surface area contributed by atoms with Crippen LogP contribution in [0, 0.1) is 5.92 Å². The van der Waals surface area contributed by atoms with Gasteiger partial charge in [-0.2, -0.15) is 0 Å².